The fourth-order valence-electron chi connectivity index (χ4n) is 5.96. The standard InChI is InChI=1S/C19H24N2O/c22-18-12-20(11-13-4-2-1-3-5-13)21(18)19-16-7-14-6-15(9-16)10-17(19)8-14/h1-5,14-17,19H,6-12H2. The molecule has 3 heteroatoms. The molecule has 1 aromatic carbocycles. The van der Waals surface area contributed by atoms with Gasteiger partial charge in [-0.3, -0.25) is 9.80 Å². The molecule has 0 spiro atoms. The Kier molecular flexibility index (Phi) is 2.88. The minimum absolute atomic E-state index is 0.355. The molecule has 0 unspecified atom stereocenters. The summed E-state index contributed by atoms with van der Waals surface area (Å²) in [5.41, 5.74) is 1.31. The van der Waals surface area contributed by atoms with Crippen molar-refractivity contribution in [2.24, 2.45) is 23.7 Å². The fraction of sp³-hybridized carbons (Fsp3) is 0.632. The first-order valence-corrected chi connectivity index (χ1v) is 8.89. The first kappa shape index (κ1) is 13.1. The molecule has 116 valence electrons. The van der Waals surface area contributed by atoms with Crippen molar-refractivity contribution >= 4 is 5.91 Å². The Bertz CT molecular complexity index is 556. The van der Waals surface area contributed by atoms with Crippen molar-refractivity contribution in [3.05, 3.63) is 35.9 Å². The Morgan fingerprint density at radius 3 is 2.14 bits per heavy atom. The van der Waals surface area contributed by atoms with Gasteiger partial charge in [0.2, 0.25) is 0 Å². The minimum Gasteiger partial charge on any atom is -0.272 e. The van der Waals surface area contributed by atoms with Crippen LogP contribution >= 0.6 is 0 Å². The summed E-state index contributed by atoms with van der Waals surface area (Å²) in [5.74, 6) is 3.85. The topological polar surface area (TPSA) is 23.6 Å². The summed E-state index contributed by atoms with van der Waals surface area (Å²) in [4.78, 5) is 12.3. The molecule has 5 aliphatic rings. The Labute approximate surface area is 132 Å². The minimum atomic E-state index is 0.355. The van der Waals surface area contributed by atoms with Gasteiger partial charge in [0, 0.05) is 6.54 Å². The van der Waals surface area contributed by atoms with E-state index in [0.29, 0.717) is 18.5 Å². The average molecular weight is 296 g/mol. The monoisotopic (exact) mass is 296 g/mol. The highest BCUT2D eigenvalue weighted by atomic mass is 16.2. The highest BCUT2D eigenvalue weighted by Gasteiger charge is 2.54. The molecule has 0 aromatic heterocycles. The SMILES string of the molecule is O=C1CN(Cc2ccccc2)N1C1C2CC3CC(C2)CC1C3. The van der Waals surface area contributed by atoms with Crippen LogP contribution in [-0.4, -0.2) is 28.5 Å². The zero-order valence-electron chi connectivity index (χ0n) is 13.0. The summed E-state index contributed by atoms with van der Waals surface area (Å²) in [6.07, 6.45) is 6.98. The largest absolute Gasteiger partial charge is 0.272 e. The van der Waals surface area contributed by atoms with Crippen molar-refractivity contribution in [1.29, 1.82) is 0 Å². The smallest absolute Gasteiger partial charge is 0.253 e. The van der Waals surface area contributed by atoms with Crippen LogP contribution < -0.4 is 0 Å². The van der Waals surface area contributed by atoms with Crippen molar-refractivity contribution < 1.29 is 4.79 Å². The van der Waals surface area contributed by atoms with Crippen LogP contribution in [0.15, 0.2) is 30.3 Å². The molecule has 1 heterocycles. The summed E-state index contributed by atoms with van der Waals surface area (Å²) in [6.45, 7) is 1.49. The van der Waals surface area contributed by atoms with Crippen LogP contribution in [0.3, 0.4) is 0 Å². The first-order valence-electron chi connectivity index (χ1n) is 8.89. The third kappa shape index (κ3) is 1.95. The van der Waals surface area contributed by atoms with Crippen LogP contribution in [-0.2, 0) is 11.3 Å². The van der Waals surface area contributed by atoms with Gasteiger partial charge in [-0.25, -0.2) is 5.01 Å². The summed E-state index contributed by atoms with van der Waals surface area (Å²) in [5, 5.41) is 4.46. The number of amides is 1. The van der Waals surface area contributed by atoms with E-state index in [9.17, 15) is 4.79 Å². The zero-order valence-corrected chi connectivity index (χ0v) is 13.0. The van der Waals surface area contributed by atoms with E-state index < -0.39 is 0 Å². The van der Waals surface area contributed by atoms with Gasteiger partial charge in [-0.1, -0.05) is 30.3 Å². The Morgan fingerprint density at radius 1 is 0.909 bits per heavy atom. The zero-order chi connectivity index (χ0) is 14.7. The molecule has 0 radical (unpaired) electrons. The van der Waals surface area contributed by atoms with E-state index in [-0.39, 0.29) is 0 Å². The normalized spacial score (nSPS) is 40.1. The predicted molar refractivity (Wildman–Crippen MR) is 84.5 cm³/mol. The number of carbonyl (C=O) groups excluding carboxylic acids is 1. The van der Waals surface area contributed by atoms with Gasteiger partial charge < -0.3 is 0 Å². The molecule has 22 heavy (non-hydrogen) atoms. The van der Waals surface area contributed by atoms with Crippen LogP contribution in [0.25, 0.3) is 0 Å². The Hall–Kier alpha value is -1.35. The lowest BCUT2D eigenvalue weighted by molar-refractivity contribution is -0.213. The fourth-order valence-corrected chi connectivity index (χ4v) is 5.96. The van der Waals surface area contributed by atoms with E-state index in [2.05, 4.69) is 40.3 Å². The molecule has 4 bridgehead atoms. The lowest BCUT2D eigenvalue weighted by Gasteiger charge is -2.61. The van der Waals surface area contributed by atoms with Crippen LogP contribution in [0.4, 0.5) is 0 Å². The van der Waals surface area contributed by atoms with Crippen molar-refractivity contribution in [3.8, 4) is 0 Å². The number of benzene rings is 1. The highest BCUT2D eigenvalue weighted by Crippen LogP contribution is 2.55. The molecule has 0 N–H and O–H groups in total. The van der Waals surface area contributed by atoms with Crippen molar-refractivity contribution in [3.63, 3.8) is 0 Å². The summed E-state index contributed by atoms with van der Waals surface area (Å²) in [6, 6.07) is 11.1. The number of hydrogen-bond donors (Lipinski definition) is 0. The second-order valence-electron chi connectivity index (χ2n) is 7.97. The van der Waals surface area contributed by atoms with Crippen LogP contribution in [0.1, 0.15) is 37.7 Å². The molecule has 1 saturated heterocycles. The lowest BCUT2D eigenvalue weighted by Crippen LogP contribution is -2.70. The summed E-state index contributed by atoms with van der Waals surface area (Å²) < 4.78 is 0. The second kappa shape index (κ2) is 4.82. The molecule has 1 aliphatic heterocycles. The predicted octanol–water partition coefficient (Wildman–Crippen LogP) is 3.07. The molecular formula is C19H24N2O. The van der Waals surface area contributed by atoms with Gasteiger partial charge >= 0.3 is 0 Å². The van der Waals surface area contributed by atoms with Crippen LogP contribution in [0.5, 0.6) is 0 Å². The Morgan fingerprint density at radius 2 is 1.55 bits per heavy atom. The molecule has 0 atom stereocenters. The van der Waals surface area contributed by atoms with Gasteiger partial charge in [-0.15, -0.1) is 0 Å². The Balaban J connectivity index is 1.36. The second-order valence-corrected chi connectivity index (χ2v) is 7.97. The van der Waals surface area contributed by atoms with Crippen LogP contribution in [0, 0.1) is 23.7 Å². The lowest BCUT2D eigenvalue weighted by atomic mass is 9.54. The van der Waals surface area contributed by atoms with Gasteiger partial charge in [-0.05, 0) is 61.3 Å². The van der Waals surface area contributed by atoms with E-state index in [0.717, 1.165) is 30.2 Å². The summed E-state index contributed by atoms with van der Waals surface area (Å²) in [7, 11) is 0. The first-order chi connectivity index (χ1) is 10.8. The van der Waals surface area contributed by atoms with Gasteiger partial charge in [0.15, 0.2) is 0 Å². The van der Waals surface area contributed by atoms with Gasteiger partial charge in [0.05, 0.1) is 12.6 Å². The molecule has 1 aromatic rings. The molecule has 6 rings (SSSR count). The third-order valence-corrected chi connectivity index (χ3v) is 6.55. The van der Waals surface area contributed by atoms with Gasteiger partial charge in [-0.2, -0.15) is 0 Å². The van der Waals surface area contributed by atoms with E-state index in [1.807, 2.05) is 0 Å². The van der Waals surface area contributed by atoms with Gasteiger partial charge in [0.1, 0.15) is 0 Å². The molecule has 3 nitrogen and oxygen atoms in total. The molecule has 4 saturated carbocycles. The number of nitrogens with zero attached hydrogens (tertiary/aromatic N) is 2. The maximum absolute atomic E-state index is 12.3. The average Bonchev–Trinajstić information content (AvgIpc) is 2.50. The number of hydrazine groups is 1. The quantitative estimate of drug-likeness (QED) is 0.856. The molecular weight excluding hydrogens is 272 g/mol. The van der Waals surface area contributed by atoms with Crippen molar-refractivity contribution in [2.75, 3.05) is 6.54 Å². The van der Waals surface area contributed by atoms with Crippen molar-refractivity contribution in [1.82, 2.24) is 10.0 Å². The van der Waals surface area contributed by atoms with E-state index in [1.165, 1.54) is 37.7 Å². The van der Waals surface area contributed by atoms with Crippen LogP contribution in [0.2, 0.25) is 0 Å². The molecule has 1 amide bonds. The number of carbonyl (C=O) groups is 1. The van der Waals surface area contributed by atoms with E-state index in [4.69, 9.17) is 0 Å². The highest BCUT2D eigenvalue weighted by molar-refractivity contribution is 5.82. The number of rotatable bonds is 3. The van der Waals surface area contributed by atoms with E-state index in [1.54, 1.807) is 0 Å². The maximum atomic E-state index is 12.3. The van der Waals surface area contributed by atoms with E-state index >= 15 is 0 Å². The summed E-state index contributed by atoms with van der Waals surface area (Å²) >= 11 is 0. The van der Waals surface area contributed by atoms with Gasteiger partial charge in [0.25, 0.3) is 5.91 Å². The number of hydrogen-bond acceptors (Lipinski definition) is 2. The van der Waals surface area contributed by atoms with Crippen molar-refractivity contribution in [2.45, 2.75) is 44.7 Å². The third-order valence-electron chi connectivity index (χ3n) is 6.55. The molecule has 4 aliphatic carbocycles. The maximum Gasteiger partial charge on any atom is 0.253 e. The molecule has 5 fully saturated rings.